The van der Waals surface area contributed by atoms with Crippen LogP contribution in [0.5, 0.6) is 0 Å². The minimum absolute atomic E-state index is 0.00501. The fourth-order valence-corrected chi connectivity index (χ4v) is 3.06. The van der Waals surface area contributed by atoms with Gasteiger partial charge in [0.05, 0.1) is 36.2 Å². The topological polar surface area (TPSA) is 119 Å². The number of aromatic amines is 1. The molecule has 0 bridgehead atoms. The van der Waals surface area contributed by atoms with Crippen LogP contribution in [0.4, 0.5) is 13.2 Å². The van der Waals surface area contributed by atoms with Gasteiger partial charge in [-0.15, -0.1) is 0 Å². The molecule has 12 heteroatoms. The molecule has 0 saturated heterocycles. The number of hydrogen-bond acceptors (Lipinski definition) is 5. The number of halogens is 3. The smallest absolute Gasteiger partial charge is 0.348 e. The maximum Gasteiger partial charge on any atom is 0.435 e. The molecule has 0 aliphatic rings. The summed E-state index contributed by atoms with van der Waals surface area (Å²) in [6, 6.07) is 0.127. The lowest BCUT2D eigenvalue weighted by Gasteiger charge is -2.28. The van der Waals surface area contributed by atoms with Gasteiger partial charge >= 0.3 is 6.18 Å². The second-order valence-electron chi connectivity index (χ2n) is 7.76. The van der Waals surface area contributed by atoms with Gasteiger partial charge in [-0.05, 0) is 31.9 Å². The molecule has 9 nitrogen and oxygen atoms in total. The van der Waals surface area contributed by atoms with Crippen LogP contribution >= 0.6 is 0 Å². The van der Waals surface area contributed by atoms with Gasteiger partial charge < -0.3 is 11.1 Å². The molecule has 0 unspecified atom stereocenters. The van der Waals surface area contributed by atoms with Gasteiger partial charge in [-0.1, -0.05) is 0 Å². The highest BCUT2D eigenvalue weighted by molar-refractivity contribution is 5.82. The standard InChI is InChI=1S/C18H23F3N8O/c1-17(2,26-16(30)13(22)4-11-6-25-28(3)9-11)10-29-14(12-7-23-24-8-12)5-15(27-29)18(19,20)21/h5-9,13H,4,10,22H2,1-3H3,(H,23,24)(H,26,30)/t13-/m1/s1. The molecule has 0 radical (unpaired) electrons. The van der Waals surface area contributed by atoms with Crippen LogP contribution in [-0.4, -0.2) is 47.2 Å². The van der Waals surface area contributed by atoms with E-state index in [9.17, 15) is 18.0 Å². The minimum atomic E-state index is -4.59. The quantitative estimate of drug-likeness (QED) is 0.531. The Bertz CT molecular complexity index is 1000. The molecule has 0 aliphatic heterocycles. The maximum absolute atomic E-state index is 13.2. The van der Waals surface area contributed by atoms with Gasteiger partial charge in [-0.2, -0.15) is 28.5 Å². The van der Waals surface area contributed by atoms with Crippen molar-refractivity contribution < 1.29 is 18.0 Å². The Kier molecular flexibility index (Phi) is 5.70. The first-order chi connectivity index (χ1) is 13.9. The lowest BCUT2D eigenvalue weighted by Crippen LogP contribution is -2.53. The lowest BCUT2D eigenvalue weighted by atomic mass is 10.0. The molecular weight excluding hydrogens is 401 g/mol. The Morgan fingerprint density at radius 2 is 2.07 bits per heavy atom. The van der Waals surface area contributed by atoms with Crippen LogP contribution < -0.4 is 11.1 Å². The van der Waals surface area contributed by atoms with E-state index >= 15 is 0 Å². The van der Waals surface area contributed by atoms with Gasteiger partial charge in [0.2, 0.25) is 5.91 Å². The predicted molar refractivity (Wildman–Crippen MR) is 102 cm³/mol. The fourth-order valence-electron chi connectivity index (χ4n) is 3.06. The third-order valence-electron chi connectivity index (χ3n) is 4.42. The van der Waals surface area contributed by atoms with E-state index in [1.165, 1.54) is 17.1 Å². The number of aryl methyl sites for hydroxylation is 1. The Morgan fingerprint density at radius 1 is 1.33 bits per heavy atom. The first-order valence-corrected chi connectivity index (χ1v) is 9.14. The van der Waals surface area contributed by atoms with Gasteiger partial charge in [0.25, 0.3) is 0 Å². The van der Waals surface area contributed by atoms with Crippen LogP contribution in [0.25, 0.3) is 11.3 Å². The van der Waals surface area contributed by atoms with Crippen molar-refractivity contribution in [3.63, 3.8) is 0 Å². The van der Waals surface area contributed by atoms with Crippen molar-refractivity contribution in [2.75, 3.05) is 0 Å². The van der Waals surface area contributed by atoms with E-state index in [4.69, 9.17) is 5.73 Å². The largest absolute Gasteiger partial charge is 0.435 e. The van der Waals surface area contributed by atoms with Crippen molar-refractivity contribution in [1.29, 1.82) is 0 Å². The fraction of sp³-hybridized carbons (Fsp3) is 0.444. The second kappa shape index (κ2) is 7.94. The van der Waals surface area contributed by atoms with E-state index < -0.39 is 29.4 Å². The average molecular weight is 424 g/mol. The van der Waals surface area contributed by atoms with Crippen LogP contribution in [0, 0.1) is 0 Å². The van der Waals surface area contributed by atoms with Gasteiger partial charge in [-0.25, -0.2) is 0 Å². The van der Waals surface area contributed by atoms with Crippen LogP contribution in [0.3, 0.4) is 0 Å². The lowest BCUT2D eigenvalue weighted by molar-refractivity contribution is -0.141. The predicted octanol–water partition coefficient (Wildman–Crippen LogP) is 1.49. The number of hydrogen-bond donors (Lipinski definition) is 3. The Balaban J connectivity index is 1.75. The second-order valence-corrected chi connectivity index (χ2v) is 7.76. The summed E-state index contributed by atoms with van der Waals surface area (Å²) >= 11 is 0. The zero-order chi connectivity index (χ0) is 22.1. The van der Waals surface area contributed by atoms with Gasteiger partial charge in [0.1, 0.15) is 0 Å². The molecule has 0 spiro atoms. The van der Waals surface area contributed by atoms with Gasteiger partial charge in [0, 0.05) is 25.0 Å². The molecule has 30 heavy (non-hydrogen) atoms. The number of carbonyl (C=O) groups excluding carboxylic acids is 1. The first kappa shape index (κ1) is 21.6. The molecule has 1 amide bonds. The number of nitrogens with one attached hydrogen (secondary N) is 2. The van der Waals surface area contributed by atoms with Crippen molar-refractivity contribution in [2.45, 2.75) is 44.6 Å². The van der Waals surface area contributed by atoms with Gasteiger partial charge in [0.15, 0.2) is 5.69 Å². The van der Waals surface area contributed by atoms with Gasteiger partial charge in [-0.3, -0.25) is 19.3 Å². The molecule has 4 N–H and O–H groups in total. The summed E-state index contributed by atoms with van der Waals surface area (Å²) in [5, 5.41) is 16.9. The number of H-pyrrole nitrogens is 1. The molecule has 3 aromatic heterocycles. The number of aromatic nitrogens is 6. The molecule has 3 rings (SSSR count). The molecule has 0 saturated carbocycles. The van der Waals surface area contributed by atoms with Crippen LogP contribution in [0.2, 0.25) is 0 Å². The van der Waals surface area contributed by atoms with Crippen molar-refractivity contribution >= 4 is 5.91 Å². The zero-order valence-electron chi connectivity index (χ0n) is 16.7. The Morgan fingerprint density at radius 3 is 2.63 bits per heavy atom. The molecule has 3 aromatic rings. The number of alkyl halides is 3. The zero-order valence-corrected chi connectivity index (χ0v) is 16.7. The van der Waals surface area contributed by atoms with Crippen molar-refractivity contribution in [2.24, 2.45) is 12.8 Å². The molecule has 0 fully saturated rings. The summed E-state index contributed by atoms with van der Waals surface area (Å²) in [7, 11) is 1.76. The summed E-state index contributed by atoms with van der Waals surface area (Å²) in [6.45, 7) is 3.38. The first-order valence-electron chi connectivity index (χ1n) is 9.14. The Hall–Kier alpha value is -3.15. The molecule has 3 heterocycles. The van der Waals surface area contributed by atoms with E-state index in [0.29, 0.717) is 5.56 Å². The molecule has 1 atom stereocenters. The highest BCUT2D eigenvalue weighted by atomic mass is 19.4. The van der Waals surface area contributed by atoms with Crippen LogP contribution in [0.1, 0.15) is 25.1 Å². The highest BCUT2D eigenvalue weighted by Gasteiger charge is 2.36. The van der Waals surface area contributed by atoms with Crippen LogP contribution in [0.15, 0.2) is 30.9 Å². The van der Waals surface area contributed by atoms with E-state index in [-0.39, 0.29) is 18.7 Å². The molecular formula is C18H23F3N8O. The van der Waals surface area contributed by atoms with Crippen molar-refractivity contribution in [1.82, 2.24) is 35.1 Å². The maximum atomic E-state index is 13.2. The number of rotatable bonds is 7. The monoisotopic (exact) mass is 424 g/mol. The summed E-state index contributed by atoms with van der Waals surface area (Å²) in [6.07, 6.45) is 1.96. The number of amides is 1. The molecule has 0 aliphatic carbocycles. The average Bonchev–Trinajstić information content (AvgIpc) is 3.34. The van der Waals surface area contributed by atoms with E-state index in [1.54, 1.807) is 38.0 Å². The minimum Gasteiger partial charge on any atom is -0.348 e. The number of nitrogens with zero attached hydrogens (tertiary/aromatic N) is 5. The van der Waals surface area contributed by atoms with E-state index in [0.717, 1.165) is 11.6 Å². The third-order valence-corrected chi connectivity index (χ3v) is 4.42. The molecule has 162 valence electrons. The number of carbonyl (C=O) groups is 1. The summed E-state index contributed by atoms with van der Waals surface area (Å²) in [4.78, 5) is 12.6. The SMILES string of the molecule is Cn1cc(C[C@@H](N)C(=O)NC(C)(C)Cn2nc(C(F)(F)F)cc2-c2cn[nH]c2)cn1. The summed E-state index contributed by atoms with van der Waals surface area (Å²) < 4.78 is 42.4. The normalized spacial score (nSPS) is 13.4. The third kappa shape index (κ3) is 5.06. The van der Waals surface area contributed by atoms with Crippen LogP contribution in [-0.2, 0) is 31.0 Å². The number of nitrogens with two attached hydrogens (primary N) is 1. The van der Waals surface area contributed by atoms with Crippen molar-refractivity contribution in [3.8, 4) is 11.3 Å². The highest BCUT2D eigenvalue weighted by Crippen LogP contribution is 2.32. The molecule has 0 aromatic carbocycles. The summed E-state index contributed by atoms with van der Waals surface area (Å²) in [5.74, 6) is -0.420. The summed E-state index contributed by atoms with van der Waals surface area (Å²) in [5.41, 5.74) is 5.55. The Labute approximate surface area is 170 Å². The van der Waals surface area contributed by atoms with E-state index in [2.05, 4.69) is 25.7 Å². The van der Waals surface area contributed by atoms with E-state index in [1.807, 2.05) is 0 Å². The van der Waals surface area contributed by atoms with Crippen molar-refractivity contribution in [3.05, 3.63) is 42.1 Å².